The number of halogens is 1. The largest absolute Gasteiger partial charge is 0.508 e. The molecule has 1 saturated heterocycles. The van der Waals surface area contributed by atoms with Crippen LogP contribution in [0.3, 0.4) is 0 Å². The van der Waals surface area contributed by atoms with Crippen molar-refractivity contribution in [1.82, 2.24) is 9.88 Å². The van der Waals surface area contributed by atoms with Crippen molar-refractivity contribution in [2.75, 3.05) is 13.1 Å². The molecule has 5 rings (SSSR count). The van der Waals surface area contributed by atoms with Gasteiger partial charge in [0.05, 0.1) is 10.9 Å². The number of phenols is 1. The van der Waals surface area contributed by atoms with Crippen LogP contribution in [0.2, 0.25) is 0 Å². The van der Waals surface area contributed by atoms with E-state index in [-0.39, 0.29) is 11.3 Å². The lowest BCUT2D eigenvalue weighted by molar-refractivity contribution is 0.219. The van der Waals surface area contributed by atoms with Crippen LogP contribution in [0, 0.1) is 0 Å². The molecule has 1 aliphatic rings. The molecule has 0 bridgehead atoms. The van der Waals surface area contributed by atoms with Crippen LogP contribution in [0.1, 0.15) is 24.8 Å². The molecule has 0 atom stereocenters. The number of nitrogens with one attached hydrogen (secondary N) is 1. The van der Waals surface area contributed by atoms with E-state index in [1.54, 1.807) is 12.1 Å². The molecule has 5 nitrogen and oxygen atoms in total. The predicted octanol–water partition coefficient (Wildman–Crippen LogP) is 4.88. The van der Waals surface area contributed by atoms with Crippen LogP contribution in [0.15, 0.2) is 44.0 Å². The van der Waals surface area contributed by atoms with Gasteiger partial charge in [-0.1, -0.05) is 22.4 Å². The van der Waals surface area contributed by atoms with Gasteiger partial charge in [0.25, 0.3) is 5.56 Å². The molecule has 0 aliphatic carbocycles. The smallest absolute Gasteiger partial charge is 0.260 e. The number of aromatic nitrogens is 1. The summed E-state index contributed by atoms with van der Waals surface area (Å²) in [5.41, 5.74) is 2.51. The predicted molar refractivity (Wildman–Crippen MR) is 110 cm³/mol. The lowest BCUT2D eigenvalue weighted by atomic mass is 10.0. The minimum absolute atomic E-state index is 0.191. The van der Waals surface area contributed by atoms with Gasteiger partial charge in [-0.15, -0.1) is 0 Å². The Kier molecular flexibility index (Phi) is 3.98. The number of furan rings is 1. The average molecular weight is 427 g/mol. The van der Waals surface area contributed by atoms with E-state index in [4.69, 9.17) is 4.42 Å². The zero-order valence-electron chi connectivity index (χ0n) is 14.7. The van der Waals surface area contributed by atoms with Crippen molar-refractivity contribution in [2.45, 2.75) is 25.8 Å². The molecule has 1 aliphatic heterocycles. The Morgan fingerprint density at radius 2 is 1.93 bits per heavy atom. The summed E-state index contributed by atoms with van der Waals surface area (Å²) >= 11 is 3.49. The fraction of sp³-hybridized carbons (Fsp3) is 0.286. The molecular formula is C21H19BrN2O3. The number of benzene rings is 2. The van der Waals surface area contributed by atoms with Crippen molar-refractivity contribution in [3.05, 3.63) is 50.7 Å². The Morgan fingerprint density at radius 3 is 2.74 bits per heavy atom. The highest BCUT2D eigenvalue weighted by molar-refractivity contribution is 9.10. The maximum Gasteiger partial charge on any atom is 0.260 e. The average Bonchev–Trinajstić information content (AvgIpc) is 3.06. The highest BCUT2D eigenvalue weighted by Gasteiger charge is 2.21. The van der Waals surface area contributed by atoms with E-state index in [1.165, 1.54) is 19.3 Å². The first-order valence-electron chi connectivity index (χ1n) is 9.23. The summed E-state index contributed by atoms with van der Waals surface area (Å²) in [4.78, 5) is 18.2. The first-order valence-corrected chi connectivity index (χ1v) is 10.0. The van der Waals surface area contributed by atoms with Crippen LogP contribution < -0.4 is 5.56 Å². The molecule has 2 aromatic carbocycles. The zero-order chi connectivity index (χ0) is 18.5. The van der Waals surface area contributed by atoms with E-state index in [2.05, 4.69) is 25.8 Å². The number of hydrogen-bond acceptors (Lipinski definition) is 4. The van der Waals surface area contributed by atoms with Gasteiger partial charge < -0.3 is 14.5 Å². The number of hydrogen-bond donors (Lipinski definition) is 2. The van der Waals surface area contributed by atoms with Crippen LogP contribution >= 0.6 is 15.9 Å². The summed E-state index contributed by atoms with van der Waals surface area (Å²) in [5.74, 6) is 0.213. The van der Waals surface area contributed by atoms with Gasteiger partial charge >= 0.3 is 0 Å². The maximum atomic E-state index is 12.9. The lowest BCUT2D eigenvalue weighted by Crippen LogP contribution is -2.29. The van der Waals surface area contributed by atoms with Crippen LogP contribution in [0.5, 0.6) is 5.75 Å². The molecule has 3 heterocycles. The second-order valence-electron chi connectivity index (χ2n) is 7.22. The van der Waals surface area contributed by atoms with Gasteiger partial charge in [0.15, 0.2) is 0 Å². The van der Waals surface area contributed by atoms with Gasteiger partial charge in [-0.2, -0.15) is 0 Å². The Morgan fingerprint density at radius 1 is 1.11 bits per heavy atom. The standard InChI is InChI=1S/C21H19BrN2O3/c22-12-4-5-15-13(10-12)20-19(21(26)23-15)18-14(11-24-8-2-1-3-9-24)16(25)6-7-17(18)27-20/h4-7,10,25H,1-3,8-9,11H2,(H,23,26). The Hall–Kier alpha value is -2.31. The first kappa shape index (κ1) is 16.8. The van der Waals surface area contributed by atoms with Crippen molar-refractivity contribution in [2.24, 2.45) is 0 Å². The second-order valence-corrected chi connectivity index (χ2v) is 8.14. The molecule has 138 valence electrons. The van der Waals surface area contributed by atoms with Crippen molar-refractivity contribution in [3.8, 4) is 5.75 Å². The van der Waals surface area contributed by atoms with Gasteiger partial charge in [0, 0.05) is 27.4 Å². The fourth-order valence-corrected chi connectivity index (χ4v) is 4.52. The fourth-order valence-electron chi connectivity index (χ4n) is 4.15. The Balaban J connectivity index is 1.82. The molecule has 0 amide bonds. The molecule has 27 heavy (non-hydrogen) atoms. The molecule has 2 aromatic heterocycles. The number of H-pyrrole nitrogens is 1. The van der Waals surface area contributed by atoms with E-state index in [9.17, 15) is 9.90 Å². The van der Waals surface area contributed by atoms with Crippen molar-refractivity contribution in [3.63, 3.8) is 0 Å². The van der Waals surface area contributed by atoms with Gasteiger partial charge in [0.2, 0.25) is 0 Å². The topological polar surface area (TPSA) is 69.5 Å². The quantitative estimate of drug-likeness (QED) is 0.479. The molecule has 6 heteroatoms. The molecule has 1 fully saturated rings. The Labute approximate surface area is 163 Å². The third-order valence-electron chi connectivity index (χ3n) is 5.47. The van der Waals surface area contributed by atoms with Crippen LogP contribution in [-0.4, -0.2) is 28.1 Å². The SMILES string of the molecule is O=c1[nH]c2ccc(Br)cc2c2oc3ccc(O)c(CN4CCCCC4)c3c12. The highest BCUT2D eigenvalue weighted by atomic mass is 79.9. The van der Waals surface area contributed by atoms with Crippen LogP contribution in [0.4, 0.5) is 0 Å². The van der Waals surface area contributed by atoms with Gasteiger partial charge in [0.1, 0.15) is 16.9 Å². The zero-order valence-corrected chi connectivity index (χ0v) is 16.3. The minimum Gasteiger partial charge on any atom is -0.508 e. The number of nitrogens with zero attached hydrogens (tertiary/aromatic N) is 1. The van der Waals surface area contributed by atoms with Crippen molar-refractivity contribution < 1.29 is 9.52 Å². The molecule has 0 radical (unpaired) electrons. The third kappa shape index (κ3) is 2.75. The summed E-state index contributed by atoms with van der Waals surface area (Å²) in [6.45, 7) is 2.64. The van der Waals surface area contributed by atoms with E-state index in [0.717, 1.165) is 39.4 Å². The van der Waals surface area contributed by atoms with Gasteiger partial charge in [-0.05, 0) is 56.3 Å². The number of pyridine rings is 1. The lowest BCUT2D eigenvalue weighted by Gasteiger charge is -2.26. The summed E-state index contributed by atoms with van der Waals surface area (Å²) in [6.07, 6.45) is 3.59. The molecule has 0 spiro atoms. The normalized spacial score (nSPS) is 15.9. The number of phenolic OH excluding ortho intramolecular Hbond substituents is 1. The highest BCUT2D eigenvalue weighted by Crippen LogP contribution is 2.37. The number of piperidine rings is 1. The summed E-state index contributed by atoms with van der Waals surface area (Å²) in [5, 5.41) is 12.7. The van der Waals surface area contributed by atoms with Crippen LogP contribution in [-0.2, 0) is 6.54 Å². The van der Waals surface area contributed by atoms with E-state index in [1.807, 2.05) is 18.2 Å². The molecule has 0 saturated carbocycles. The monoisotopic (exact) mass is 426 g/mol. The van der Waals surface area contributed by atoms with E-state index < -0.39 is 0 Å². The summed E-state index contributed by atoms with van der Waals surface area (Å²) in [7, 11) is 0. The minimum atomic E-state index is -0.191. The van der Waals surface area contributed by atoms with E-state index in [0.29, 0.717) is 23.1 Å². The summed E-state index contributed by atoms with van der Waals surface area (Å²) in [6, 6.07) is 9.10. The number of rotatable bonds is 2. The summed E-state index contributed by atoms with van der Waals surface area (Å²) < 4.78 is 7.03. The van der Waals surface area contributed by atoms with Crippen molar-refractivity contribution in [1.29, 1.82) is 0 Å². The van der Waals surface area contributed by atoms with E-state index >= 15 is 0 Å². The van der Waals surface area contributed by atoms with Gasteiger partial charge in [-0.25, -0.2) is 0 Å². The molecule has 0 unspecified atom stereocenters. The molecule has 4 aromatic rings. The number of aromatic amines is 1. The molecular weight excluding hydrogens is 408 g/mol. The third-order valence-corrected chi connectivity index (χ3v) is 5.96. The number of likely N-dealkylation sites (tertiary alicyclic amines) is 1. The molecule has 2 N–H and O–H groups in total. The first-order chi connectivity index (χ1) is 13.1. The number of aromatic hydroxyl groups is 1. The van der Waals surface area contributed by atoms with Gasteiger partial charge in [-0.3, -0.25) is 9.69 Å². The maximum absolute atomic E-state index is 12.9. The number of fused-ring (bicyclic) bond motifs is 5. The van der Waals surface area contributed by atoms with Crippen molar-refractivity contribution >= 4 is 48.8 Å². The Bertz CT molecular complexity index is 1240. The second kappa shape index (κ2) is 6.39. The van der Waals surface area contributed by atoms with Crippen LogP contribution in [0.25, 0.3) is 32.8 Å².